The van der Waals surface area contributed by atoms with Crippen molar-refractivity contribution < 1.29 is 9.90 Å². The first-order valence-corrected chi connectivity index (χ1v) is 8.01. The number of carbonyl (C=O) groups is 1. The van der Waals surface area contributed by atoms with Crippen LogP contribution < -0.4 is 10.6 Å². The molecule has 0 aliphatic rings. The molecular formula is C18H30N2O2. The zero-order valence-electron chi connectivity index (χ0n) is 14.4. The average Bonchev–Trinajstić information content (AvgIpc) is 2.45. The Morgan fingerprint density at radius 2 is 1.77 bits per heavy atom. The van der Waals surface area contributed by atoms with Crippen LogP contribution in [0.3, 0.4) is 0 Å². The fourth-order valence-electron chi connectivity index (χ4n) is 2.48. The van der Waals surface area contributed by atoms with Crippen LogP contribution in [0.2, 0.25) is 0 Å². The summed E-state index contributed by atoms with van der Waals surface area (Å²) in [4.78, 5) is 12.0. The maximum Gasteiger partial charge on any atom is 0.315 e. The molecule has 124 valence electrons. The van der Waals surface area contributed by atoms with E-state index in [-0.39, 0.29) is 29.5 Å². The lowest BCUT2D eigenvalue weighted by Gasteiger charge is -2.33. The molecule has 0 aromatic heterocycles. The van der Waals surface area contributed by atoms with Gasteiger partial charge in [-0.1, -0.05) is 51.1 Å². The minimum absolute atomic E-state index is 0.00183. The lowest BCUT2D eigenvalue weighted by atomic mass is 9.78. The van der Waals surface area contributed by atoms with E-state index in [0.29, 0.717) is 13.0 Å². The lowest BCUT2D eigenvalue weighted by Crippen LogP contribution is -2.49. The molecule has 0 fully saturated rings. The molecule has 0 aliphatic carbocycles. The molecule has 0 aliphatic heterocycles. The third kappa shape index (κ3) is 5.68. The molecule has 1 aromatic rings. The van der Waals surface area contributed by atoms with Gasteiger partial charge < -0.3 is 15.7 Å². The van der Waals surface area contributed by atoms with E-state index in [4.69, 9.17) is 0 Å². The summed E-state index contributed by atoms with van der Waals surface area (Å²) < 4.78 is 0. The molecule has 4 nitrogen and oxygen atoms in total. The standard InChI is InChI=1S/C18H30N2O2/c1-13(11-14(2)21)12-19-17(22)20-15(3)18(4,5)16-9-7-6-8-10-16/h6-10,13-15,21H,11-12H2,1-5H3,(H2,19,20,22). The summed E-state index contributed by atoms with van der Waals surface area (Å²) in [5, 5.41) is 15.2. The third-order valence-corrected chi connectivity index (χ3v) is 4.30. The van der Waals surface area contributed by atoms with E-state index < -0.39 is 0 Å². The van der Waals surface area contributed by atoms with Crippen molar-refractivity contribution in [1.82, 2.24) is 10.6 Å². The molecule has 0 bridgehead atoms. The Hall–Kier alpha value is -1.55. The van der Waals surface area contributed by atoms with Gasteiger partial charge in [0, 0.05) is 18.0 Å². The van der Waals surface area contributed by atoms with E-state index in [1.165, 1.54) is 5.56 Å². The quantitative estimate of drug-likeness (QED) is 0.725. The third-order valence-electron chi connectivity index (χ3n) is 4.30. The van der Waals surface area contributed by atoms with Gasteiger partial charge in [-0.2, -0.15) is 0 Å². The number of aliphatic hydroxyl groups excluding tert-OH is 1. The van der Waals surface area contributed by atoms with E-state index in [1.807, 2.05) is 32.0 Å². The van der Waals surface area contributed by atoms with Gasteiger partial charge in [-0.3, -0.25) is 0 Å². The van der Waals surface area contributed by atoms with Gasteiger partial charge in [-0.15, -0.1) is 0 Å². The molecule has 3 N–H and O–H groups in total. The Bertz CT molecular complexity index is 457. The number of hydrogen-bond donors (Lipinski definition) is 3. The fraction of sp³-hybridized carbons (Fsp3) is 0.611. The highest BCUT2D eigenvalue weighted by atomic mass is 16.3. The van der Waals surface area contributed by atoms with Gasteiger partial charge in [0.15, 0.2) is 0 Å². The topological polar surface area (TPSA) is 61.4 Å². The Kier molecular flexibility index (Phi) is 6.88. The van der Waals surface area contributed by atoms with Crippen molar-refractivity contribution in [3.63, 3.8) is 0 Å². The van der Waals surface area contributed by atoms with Crippen LogP contribution in [-0.4, -0.2) is 29.8 Å². The molecule has 0 saturated heterocycles. The van der Waals surface area contributed by atoms with Gasteiger partial charge in [0.2, 0.25) is 0 Å². The summed E-state index contributed by atoms with van der Waals surface area (Å²) >= 11 is 0. The van der Waals surface area contributed by atoms with Crippen molar-refractivity contribution in [1.29, 1.82) is 0 Å². The van der Waals surface area contributed by atoms with Crippen LogP contribution in [0.5, 0.6) is 0 Å². The van der Waals surface area contributed by atoms with Crippen molar-refractivity contribution in [2.45, 2.75) is 58.6 Å². The van der Waals surface area contributed by atoms with Crippen LogP contribution in [0.25, 0.3) is 0 Å². The van der Waals surface area contributed by atoms with Gasteiger partial charge >= 0.3 is 6.03 Å². The van der Waals surface area contributed by atoms with E-state index in [1.54, 1.807) is 6.92 Å². The van der Waals surface area contributed by atoms with Crippen LogP contribution in [0.1, 0.15) is 46.6 Å². The molecule has 0 heterocycles. The van der Waals surface area contributed by atoms with Crippen molar-refractivity contribution in [2.24, 2.45) is 5.92 Å². The first-order chi connectivity index (χ1) is 10.2. The highest BCUT2D eigenvalue weighted by molar-refractivity contribution is 5.74. The van der Waals surface area contributed by atoms with Crippen molar-refractivity contribution in [3.05, 3.63) is 35.9 Å². The zero-order valence-corrected chi connectivity index (χ0v) is 14.4. The second-order valence-electron chi connectivity index (χ2n) is 6.85. The molecule has 3 unspecified atom stereocenters. The Morgan fingerprint density at radius 1 is 1.18 bits per heavy atom. The smallest absolute Gasteiger partial charge is 0.315 e. The molecule has 0 saturated carbocycles. The van der Waals surface area contributed by atoms with Crippen LogP contribution in [-0.2, 0) is 5.41 Å². The molecule has 0 spiro atoms. The number of rotatable bonds is 7. The average molecular weight is 306 g/mol. The van der Waals surface area contributed by atoms with Gasteiger partial charge in [0.05, 0.1) is 6.10 Å². The van der Waals surface area contributed by atoms with Gasteiger partial charge in [-0.25, -0.2) is 4.79 Å². The molecule has 2 amide bonds. The summed E-state index contributed by atoms with van der Waals surface area (Å²) in [7, 11) is 0. The lowest BCUT2D eigenvalue weighted by molar-refractivity contribution is 0.163. The number of nitrogens with one attached hydrogen (secondary N) is 2. The largest absolute Gasteiger partial charge is 0.393 e. The SMILES string of the molecule is CC(O)CC(C)CNC(=O)NC(C)C(C)(C)c1ccccc1. The number of aliphatic hydroxyl groups is 1. The number of hydrogen-bond acceptors (Lipinski definition) is 2. The molecule has 1 rings (SSSR count). The molecule has 4 heteroatoms. The highest BCUT2D eigenvalue weighted by Gasteiger charge is 2.28. The first-order valence-electron chi connectivity index (χ1n) is 8.01. The minimum Gasteiger partial charge on any atom is -0.393 e. The van der Waals surface area contributed by atoms with Crippen molar-refractivity contribution in [3.8, 4) is 0 Å². The van der Waals surface area contributed by atoms with Crippen molar-refractivity contribution >= 4 is 6.03 Å². The second-order valence-corrected chi connectivity index (χ2v) is 6.85. The fourth-order valence-corrected chi connectivity index (χ4v) is 2.48. The van der Waals surface area contributed by atoms with Crippen LogP contribution in [0, 0.1) is 5.92 Å². The molecule has 22 heavy (non-hydrogen) atoms. The normalized spacial score (nSPS) is 15.7. The number of carbonyl (C=O) groups excluding carboxylic acids is 1. The Balaban J connectivity index is 2.50. The van der Waals surface area contributed by atoms with E-state index in [9.17, 15) is 9.90 Å². The summed E-state index contributed by atoms with van der Waals surface area (Å²) in [6.07, 6.45) is 0.349. The van der Waals surface area contributed by atoms with E-state index in [2.05, 4.69) is 36.6 Å². The number of benzene rings is 1. The van der Waals surface area contributed by atoms with Crippen LogP contribution in [0.15, 0.2) is 30.3 Å². The Morgan fingerprint density at radius 3 is 2.32 bits per heavy atom. The molecule has 3 atom stereocenters. The molecule has 1 aromatic carbocycles. The molecule has 0 radical (unpaired) electrons. The van der Waals surface area contributed by atoms with E-state index >= 15 is 0 Å². The van der Waals surface area contributed by atoms with Crippen molar-refractivity contribution in [2.75, 3.05) is 6.54 Å². The summed E-state index contributed by atoms with van der Waals surface area (Å²) in [5.74, 6) is 0.253. The predicted molar refractivity (Wildman–Crippen MR) is 90.9 cm³/mol. The van der Waals surface area contributed by atoms with Crippen LogP contribution >= 0.6 is 0 Å². The minimum atomic E-state index is -0.337. The monoisotopic (exact) mass is 306 g/mol. The molecular weight excluding hydrogens is 276 g/mol. The summed E-state index contributed by atoms with van der Waals surface area (Å²) in [6.45, 7) is 10.6. The second kappa shape index (κ2) is 8.18. The summed E-state index contributed by atoms with van der Waals surface area (Å²) in [5.41, 5.74) is 1.05. The zero-order chi connectivity index (χ0) is 16.8. The van der Waals surface area contributed by atoms with Crippen LogP contribution in [0.4, 0.5) is 4.79 Å². The first kappa shape index (κ1) is 18.5. The highest BCUT2D eigenvalue weighted by Crippen LogP contribution is 2.26. The Labute approximate surface area is 134 Å². The predicted octanol–water partition coefficient (Wildman–Crippen LogP) is 3.06. The summed E-state index contributed by atoms with van der Waals surface area (Å²) in [6, 6.07) is 10.0. The maximum atomic E-state index is 12.0. The van der Waals surface area contributed by atoms with Gasteiger partial charge in [0.1, 0.15) is 0 Å². The van der Waals surface area contributed by atoms with Gasteiger partial charge in [-0.05, 0) is 31.7 Å². The van der Waals surface area contributed by atoms with Gasteiger partial charge in [0.25, 0.3) is 0 Å². The van der Waals surface area contributed by atoms with E-state index in [0.717, 1.165) is 0 Å². The number of urea groups is 1. The maximum absolute atomic E-state index is 12.0. The number of amides is 2.